The van der Waals surface area contributed by atoms with Crippen molar-refractivity contribution < 1.29 is 0 Å². The Morgan fingerprint density at radius 1 is 1.10 bits per heavy atom. The van der Waals surface area contributed by atoms with Crippen molar-refractivity contribution in [1.82, 2.24) is 9.97 Å². The molecule has 1 heterocycles. The fourth-order valence-corrected chi connectivity index (χ4v) is 2.41. The molecule has 0 aliphatic heterocycles. The van der Waals surface area contributed by atoms with Gasteiger partial charge >= 0.3 is 0 Å². The molecule has 0 spiro atoms. The van der Waals surface area contributed by atoms with Crippen molar-refractivity contribution in [3.05, 3.63) is 41.2 Å². The lowest BCUT2D eigenvalue weighted by Crippen LogP contribution is -2.08. The van der Waals surface area contributed by atoms with Gasteiger partial charge in [0, 0.05) is 22.7 Å². The monoisotopic (exact) mass is 289 g/mol. The van der Waals surface area contributed by atoms with Gasteiger partial charge in [-0.15, -0.1) is 0 Å². The van der Waals surface area contributed by atoms with Crippen LogP contribution in [0.2, 0.25) is 5.02 Å². The third-order valence-corrected chi connectivity index (χ3v) is 3.45. The third-order valence-electron chi connectivity index (χ3n) is 3.12. The van der Waals surface area contributed by atoms with Gasteiger partial charge in [0.25, 0.3) is 0 Å². The van der Waals surface area contributed by atoms with Crippen LogP contribution < -0.4 is 5.32 Å². The molecule has 0 atom stereocenters. The molecule has 0 amide bonds. The maximum atomic E-state index is 6.31. The maximum Gasteiger partial charge on any atom is 0.133 e. The highest BCUT2D eigenvalue weighted by Gasteiger charge is 2.14. The van der Waals surface area contributed by atoms with Crippen LogP contribution in [0.4, 0.5) is 5.82 Å². The van der Waals surface area contributed by atoms with Gasteiger partial charge in [-0.1, -0.05) is 50.1 Å². The minimum Gasteiger partial charge on any atom is -0.370 e. The Morgan fingerprint density at radius 3 is 2.60 bits per heavy atom. The average Bonchev–Trinajstić information content (AvgIpc) is 2.47. The molecule has 0 aliphatic rings. The first-order valence-electron chi connectivity index (χ1n) is 7.10. The highest BCUT2D eigenvalue weighted by atomic mass is 35.5. The Balaban J connectivity index is 2.49. The first-order chi connectivity index (χ1) is 9.77. The number of halogens is 1. The van der Waals surface area contributed by atoms with Gasteiger partial charge in [0.15, 0.2) is 0 Å². The summed E-state index contributed by atoms with van der Waals surface area (Å²) in [5.41, 5.74) is 3.06. The minimum atomic E-state index is 0.727. The summed E-state index contributed by atoms with van der Waals surface area (Å²) in [4.78, 5) is 8.85. The Labute approximate surface area is 125 Å². The molecule has 4 heteroatoms. The molecule has 0 unspecified atom stereocenters. The zero-order valence-electron chi connectivity index (χ0n) is 12.0. The average molecular weight is 290 g/mol. The Bertz CT molecular complexity index is 569. The molecule has 3 nitrogen and oxygen atoms in total. The second kappa shape index (κ2) is 7.25. The van der Waals surface area contributed by atoms with E-state index in [-0.39, 0.29) is 0 Å². The van der Waals surface area contributed by atoms with Gasteiger partial charge < -0.3 is 5.32 Å². The van der Waals surface area contributed by atoms with E-state index in [1.54, 1.807) is 6.33 Å². The molecule has 0 radical (unpaired) electrons. The van der Waals surface area contributed by atoms with Crippen LogP contribution in [0.1, 0.15) is 32.3 Å². The zero-order valence-corrected chi connectivity index (χ0v) is 12.7. The number of aromatic nitrogens is 2. The van der Waals surface area contributed by atoms with Gasteiger partial charge in [-0.25, -0.2) is 9.97 Å². The lowest BCUT2D eigenvalue weighted by Gasteiger charge is -2.14. The van der Waals surface area contributed by atoms with E-state index in [9.17, 15) is 0 Å². The van der Waals surface area contributed by atoms with Crippen molar-refractivity contribution in [2.24, 2.45) is 0 Å². The molecule has 0 saturated heterocycles. The first-order valence-corrected chi connectivity index (χ1v) is 7.48. The van der Waals surface area contributed by atoms with Gasteiger partial charge in [0.2, 0.25) is 0 Å². The lowest BCUT2D eigenvalue weighted by molar-refractivity contribution is 0.892. The largest absolute Gasteiger partial charge is 0.370 e. The minimum absolute atomic E-state index is 0.727. The van der Waals surface area contributed by atoms with Gasteiger partial charge in [-0.05, 0) is 18.9 Å². The molecule has 0 bridgehead atoms. The highest BCUT2D eigenvalue weighted by Crippen LogP contribution is 2.31. The molecule has 106 valence electrons. The molecular weight excluding hydrogens is 270 g/mol. The van der Waals surface area contributed by atoms with Crippen LogP contribution >= 0.6 is 11.6 Å². The molecular formula is C16H20ClN3. The summed E-state index contributed by atoms with van der Waals surface area (Å²) >= 11 is 6.31. The Morgan fingerprint density at radius 2 is 1.90 bits per heavy atom. The van der Waals surface area contributed by atoms with Crippen LogP contribution in [-0.4, -0.2) is 16.5 Å². The van der Waals surface area contributed by atoms with Crippen LogP contribution in [0, 0.1) is 0 Å². The Hall–Kier alpha value is -1.61. The zero-order chi connectivity index (χ0) is 14.4. The van der Waals surface area contributed by atoms with Gasteiger partial charge in [-0.2, -0.15) is 0 Å². The van der Waals surface area contributed by atoms with Crippen molar-refractivity contribution in [3.63, 3.8) is 0 Å². The van der Waals surface area contributed by atoms with Crippen molar-refractivity contribution >= 4 is 17.4 Å². The highest BCUT2D eigenvalue weighted by molar-refractivity contribution is 6.33. The standard InChI is InChI=1S/C16H20ClN3/c1-3-7-13-15(12-8-5-6-9-14(12)17)19-11-20-16(13)18-10-4-2/h5-6,8-9,11H,3-4,7,10H2,1-2H3,(H,18,19,20). The fraction of sp³-hybridized carbons (Fsp3) is 0.375. The number of anilines is 1. The smallest absolute Gasteiger partial charge is 0.133 e. The molecule has 0 fully saturated rings. The van der Waals surface area contributed by atoms with E-state index in [0.29, 0.717) is 0 Å². The molecule has 0 saturated carbocycles. The first kappa shape index (κ1) is 14.8. The van der Waals surface area contributed by atoms with Crippen molar-refractivity contribution in [2.75, 3.05) is 11.9 Å². The van der Waals surface area contributed by atoms with Crippen LogP contribution in [-0.2, 0) is 6.42 Å². The molecule has 1 aromatic carbocycles. The predicted octanol–water partition coefficient (Wildman–Crippen LogP) is 4.57. The number of benzene rings is 1. The summed E-state index contributed by atoms with van der Waals surface area (Å²) in [6.07, 6.45) is 4.66. The van der Waals surface area contributed by atoms with Crippen LogP contribution in [0.3, 0.4) is 0 Å². The second-order valence-corrected chi connectivity index (χ2v) is 5.11. The fourth-order valence-electron chi connectivity index (χ4n) is 2.18. The molecule has 1 N–H and O–H groups in total. The summed E-state index contributed by atoms with van der Waals surface area (Å²) < 4.78 is 0. The molecule has 0 aliphatic carbocycles. The van der Waals surface area contributed by atoms with Crippen molar-refractivity contribution in [3.8, 4) is 11.3 Å². The van der Waals surface area contributed by atoms with E-state index in [0.717, 1.165) is 53.5 Å². The normalized spacial score (nSPS) is 10.6. The number of nitrogens with one attached hydrogen (secondary N) is 1. The number of rotatable bonds is 6. The molecule has 2 rings (SSSR count). The molecule has 20 heavy (non-hydrogen) atoms. The van der Waals surface area contributed by atoms with E-state index in [1.807, 2.05) is 24.3 Å². The Kier molecular flexibility index (Phi) is 5.36. The summed E-state index contributed by atoms with van der Waals surface area (Å²) in [6.45, 7) is 5.21. The maximum absolute atomic E-state index is 6.31. The SMILES string of the molecule is CCCNc1ncnc(-c2ccccc2Cl)c1CCC. The summed E-state index contributed by atoms with van der Waals surface area (Å²) in [6, 6.07) is 7.82. The predicted molar refractivity (Wildman–Crippen MR) is 85.3 cm³/mol. The number of nitrogens with zero attached hydrogens (tertiary/aromatic N) is 2. The second-order valence-electron chi connectivity index (χ2n) is 4.71. The number of hydrogen-bond acceptors (Lipinski definition) is 3. The molecule has 1 aromatic heterocycles. The lowest BCUT2D eigenvalue weighted by atomic mass is 10.0. The topological polar surface area (TPSA) is 37.8 Å². The van der Waals surface area contributed by atoms with Crippen LogP contribution in [0.5, 0.6) is 0 Å². The summed E-state index contributed by atoms with van der Waals surface area (Å²) in [5, 5.41) is 4.11. The van der Waals surface area contributed by atoms with E-state index < -0.39 is 0 Å². The van der Waals surface area contributed by atoms with E-state index in [1.165, 1.54) is 0 Å². The third kappa shape index (κ3) is 3.28. The summed E-state index contributed by atoms with van der Waals surface area (Å²) in [5.74, 6) is 0.929. The van der Waals surface area contributed by atoms with Crippen molar-refractivity contribution in [1.29, 1.82) is 0 Å². The van der Waals surface area contributed by atoms with E-state index in [4.69, 9.17) is 11.6 Å². The van der Waals surface area contributed by atoms with Crippen LogP contribution in [0.25, 0.3) is 11.3 Å². The van der Waals surface area contributed by atoms with Crippen LogP contribution in [0.15, 0.2) is 30.6 Å². The van der Waals surface area contributed by atoms with Gasteiger partial charge in [-0.3, -0.25) is 0 Å². The van der Waals surface area contributed by atoms with Gasteiger partial charge in [0.05, 0.1) is 5.69 Å². The van der Waals surface area contributed by atoms with Crippen molar-refractivity contribution in [2.45, 2.75) is 33.1 Å². The van der Waals surface area contributed by atoms with Gasteiger partial charge in [0.1, 0.15) is 12.1 Å². The van der Waals surface area contributed by atoms with E-state index >= 15 is 0 Å². The molecule has 2 aromatic rings. The quantitative estimate of drug-likeness (QED) is 0.846. The van der Waals surface area contributed by atoms with E-state index in [2.05, 4.69) is 29.1 Å². The summed E-state index contributed by atoms with van der Waals surface area (Å²) in [7, 11) is 0. The number of hydrogen-bond donors (Lipinski definition) is 1.